The number of carbonyl (C=O) groups excluding carboxylic acids is 1. The van der Waals surface area contributed by atoms with Crippen molar-refractivity contribution in [1.29, 1.82) is 0 Å². The zero-order valence-corrected chi connectivity index (χ0v) is 12.9. The molecule has 0 unspecified atom stereocenters. The highest BCUT2D eigenvalue weighted by Crippen LogP contribution is 2.39. The van der Waals surface area contributed by atoms with Crippen LogP contribution in [0.25, 0.3) is 0 Å². The maximum Gasteiger partial charge on any atom is 0.430 e. The smallest absolute Gasteiger partial charge is 0.430 e. The highest BCUT2D eigenvalue weighted by Gasteiger charge is 2.18. The second-order valence-electron chi connectivity index (χ2n) is 4.46. The van der Waals surface area contributed by atoms with Gasteiger partial charge < -0.3 is 23.8 Å². The van der Waals surface area contributed by atoms with Gasteiger partial charge in [0.25, 0.3) is 0 Å². The molecule has 2 rings (SSSR count). The van der Waals surface area contributed by atoms with E-state index < -0.39 is 6.09 Å². The van der Waals surface area contributed by atoms with E-state index in [1.54, 1.807) is 17.2 Å². The summed E-state index contributed by atoms with van der Waals surface area (Å²) < 4.78 is 20.9. The Morgan fingerprint density at radius 1 is 1.09 bits per heavy atom. The maximum absolute atomic E-state index is 11.9. The molecule has 0 spiro atoms. The van der Waals surface area contributed by atoms with Gasteiger partial charge in [-0.15, -0.1) is 5.06 Å². The lowest BCUT2D eigenvalue weighted by Crippen LogP contribution is -2.39. The third kappa shape index (κ3) is 3.92. The number of ether oxygens (including phenoxy) is 4. The topological polar surface area (TPSA) is 78.5 Å². The molecule has 0 atom stereocenters. The molecule has 1 aliphatic heterocycles. The lowest BCUT2D eigenvalue weighted by molar-refractivity contribution is -0.142. The first-order valence-electron chi connectivity index (χ1n) is 6.79. The Morgan fingerprint density at radius 2 is 1.68 bits per heavy atom. The number of nitrogens with one attached hydrogen (secondary N) is 1. The minimum absolute atomic E-state index is 0.448. The summed E-state index contributed by atoms with van der Waals surface area (Å²) in [7, 11) is 4.53. The highest BCUT2D eigenvalue weighted by atomic mass is 16.7. The van der Waals surface area contributed by atoms with E-state index >= 15 is 0 Å². The first-order chi connectivity index (χ1) is 10.7. The van der Waals surface area contributed by atoms with Crippen molar-refractivity contribution < 1.29 is 28.6 Å². The molecule has 0 bridgehead atoms. The number of benzene rings is 1. The van der Waals surface area contributed by atoms with Crippen LogP contribution in [0.1, 0.15) is 0 Å². The number of amides is 1. The zero-order valence-electron chi connectivity index (χ0n) is 12.9. The van der Waals surface area contributed by atoms with Crippen LogP contribution < -0.4 is 19.5 Å². The molecular weight excluding hydrogens is 292 g/mol. The summed E-state index contributed by atoms with van der Waals surface area (Å²) in [6.45, 7) is 2.17. The summed E-state index contributed by atoms with van der Waals surface area (Å²) in [6, 6.07) is 3.25. The number of rotatable bonds is 5. The summed E-state index contributed by atoms with van der Waals surface area (Å²) in [5.74, 6) is 1.35. The number of nitrogens with zero attached hydrogens (tertiary/aromatic N) is 1. The van der Waals surface area contributed by atoms with Gasteiger partial charge in [0.05, 0.1) is 53.3 Å². The Hall–Kier alpha value is -2.19. The third-order valence-corrected chi connectivity index (χ3v) is 3.09. The Kier molecular flexibility index (Phi) is 5.68. The lowest BCUT2D eigenvalue weighted by atomic mass is 10.2. The monoisotopic (exact) mass is 312 g/mol. The quantitative estimate of drug-likeness (QED) is 0.883. The summed E-state index contributed by atoms with van der Waals surface area (Å²) >= 11 is 0. The Labute approximate surface area is 128 Å². The predicted molar refractivity (Wildman–Crippen MR) is 78.6 cm³/mol. The van der Waals surface area contributed by atoms with E-state index in [0.29, 0.717) is 49.2 Å². The fraction of sp³-hybridized carbons (Fsp3) is 0.500. The molecule has 1 aliphatic rings. The van der Waals surface area contributed by atoms with Gasteiger partial charge in [0.15, 0.2) is 11.5 Å². The second kappa shape index (κ2) is 7.71. The standard InChI is InChI=1S/C14H20N2O6/c1-18-11-8-10(9-12(19-2)13(11)20-3)15-14(17)22-16-4-6-21-7-5-16/h8-9H,4-7H2,1-3H3,(H,15,17). The molecular formula is C14H20N2O6. The van der Waals surface area contributed by atoms with Crippen LogP contribution in [0.3, 0.4) is 0 Å². The summed E-state index contributed by atoms with van der Waals surface area (Å²) in [4.78, 5) is 17.1. The number of carbonyl (C=O) groups is 1. The molecule has 1 heterocycles. The van der Waals surface area contributed by atoms with Gasteiger partial charge >= 0.3 is 6.09 Å². The largest absolute Gasteiger partial charge is 0.493 e. The van der Waals surface area contributed by atoms with Gasteiger partial charge in [0.2, 0.25) is 5.75 Å². The fourth-order valence-electron chi connectivity index (χ4n) is 2.05. The minimum Gasteiger partial charge on any atom is -0.493 e. The van der Waals surface area contributed by atoms with E-state index in [0.717, 1.165) is 0 Å². The van der Waals surface area contributed by atoms with Gasteiger partial charge in [-0.25, -0.2) is 4.79 Å². The van der Waals surface area contributed by atoms with Crippen molar-refractivity contribution >= 4 is 11.8 Å². The zero-order chi connectivity index (χ0) is 15.9. The van der Waals surface area contributed by atoms with Crippen LogP contribution in [0.5, 0.6) is 17.2 Å². The minimum atomic E-state index is -0.587. The van der Waals surface area contributed by atoms with Gasteiger partial charge in [-0.05, 0) is 0 Å². The molecule has 22 heavy (non-hydrogen) atoms. The van der Waals surface area contributed by atoms with E-state index in [9.17, 15) is 4.79 Å². The molecule has 1 amide bonds. The Morgan fingerprint density at radius 3 is 2.18 bits per heavy atom. The molecule has 1 saturated heterocycles. The van der Waals surface area contributed by atoms with E-state index in [2.05, 4.69) is 5.32 Å². The van der Waals surface area contributed by atoms with Gasteiger partial charge in [-0.2, -0.15) is 0 Å². The third-order valence-electron chi connectivity index (χ3n) is 3.09. The van der Waals surface area contributed by atoms with Crippen LogP contribution in [0.4, 0.5) is 10.5 Å². The predicted octanol–water partition coefficient (Wildman–Crippen LogP) is 1.51. The van der Waals surface area contributed by atoms with Crippen molar-refractivity contribution in [3.05, 3.63) is 12.1 Å². The van der Waals surface area contributed by atoms with Gasteiger partial charge in [0.1, 0.15) is 0 Å². The summed E-state index contributed by atoms with van der Waals surface area (Å²) in [5.41, 5.74) is 0.479. The van der Waals surface area contributed by atoms with Gasteiger partial charge in [0, 0.05) is 12.1 Å². The van der Waals surface area contributed by atoms with Crippen molar-refractivity contribution in [2.75, 3.05) is 52.9 Å². The van der Waals surface area contributed by atoms with Crippen LogP contribution in [-0.2, 0) is 9.57 Å². The number of hydrogen-bond acceptors (Lipinski definition) is 7. The summed E-state index contributed by atoms with van der Waals surface area (Å²) in [6.07, 6.45) is -0.587. The molecule has 0 aliphatic carbocycles. The molecule has 8 nitrogen and oxygen atoms in total. The van der Waals surface area contributed by atoms with Crippen LogP contribution in [0.15, 0.2) is 12.1 Å². The SMILES string of the molecule is COc1cc(NC(=O)ON2CCOCC2)cc(OC)c1OC. The van der Waals surface area contributed by atoms with Crippen molar-refractivity contribution in [2.24, 2.45) is 0 Å². The average molecular weight is 312 g/mol. The average Bonchev–Trinajstić information content (AvgIpc) is 2.54. The molecule has 1 aromatic rings. The van der Waals surface area contributed by atoms with Gasteiger partial charge in [-0.1, -0.05) is 0 Å². The van der Waals surface area contributed by atoms with Crippen molar-refractivity contribution in [3.8, 4) is 17.2 Å². The molecule has 1 N–H and O–H groups in total. The van der Waals surface area contributed by atoms with Crippen molar-refractivity contribution in [2.45, 2.75) is 0 Å². The molecule has 1 aromatic carbocycles. The first kappa shape index (κ1) is 16.2. The summed E-state index contributed by atoms with van der Waals surface area (Å²) in [5, 5.41) is 4.18. The Balaban J connectivity index is 2.06. The van der Waals surface area contributed by atoms with Gasteiger partial charge in [-0.3, -0.25) is 5.32 Å². The Bertz CT molecular complexity index is 491. The number of methoxy groups -OCH3 is 3. The second-order valence-corrected chi connectivity index (χ2v) is 4.46. The first-order valence-corrected chi connectivity index (χ1v) is 6.79. The maximum atomic E-state index is 11.9. The van der Waals surface area contributed by atoms with Crippen molar-refractivity contribution in [3.63, 3.8) is 0 Å². The number of hydrogen-bond donors (Lipinski definition) is 1. The molecule has 1 fully saturated rings. The van der Waals surface area contributed by atoms with E-state index in [-0.39, 0.29) is 0 Å². The number of hydroxylamine groups is 2. The highest BCUT2D eigenvalue weighted by molar-refractivity contribution is 5.85. The fourth-order valence-corrected chi connectivity index (χ4v) is 2.05. The number of morpholine rings is 1. The number of anilines is 1. The molecule has 0 saturated carbocycles. The molecule has 0 aromatic heterocycles. The van der Waals surface area contributed by atoms with Crippen LogP contribution in [0.2, 0.25) is 0 Å². The normalized spacial score (nSPS) is 15.0. The van der Waals surface area contributed by atoms with E-state index in [1.165, 1.54) is 21.3 Å². The molecule has 122 valence electrons. The van der Waals surface area contributed by atoms with Crippen molar-refractivity contribution in [1.82, 2.24) is 5.06 Å². The molecule has 8 heteroatoms. The molecule has 0 radical (unpaired) electrons. The lowest BCUT2D eigenvalue weighted by Gasteiger charge is -2.25. The van der Waals surface area contributed by atoms with E-state index in [4.69, 9.17) is 23.8 Å². The van der Waals surface area contributed by atoms with Crippen LogP contribution >= 0.6 is 0 Å². The van der Waals surface area contributed by atoms with Crippen LogP contribution in [-0.4, -0.2) is 58.8 Å². The van der Waals surface area contributed by atoms with Crippen LogP contribution in [0, 0.1) is 0 Å². The van der Waals surface area contributed by atoms with E-state index in [1.807, 2.05) is 0 Å².